The lowest BCUT2D eigenvalue weighted by molar-refractivity contribution is 0.368. The van der Waals surface area contributed by atoms with Crippen LogP contribution in [0.3, 0.4) is 0 Å². The van der Waals surface area contributed by atoms with Crippen LogP contribution in [0.25, 0.3) is 0 Å². The van der Waals surface area contributed by atoms with E-state index >= 15 is 0 Å². The van der Waals surface area contributed by atoms with Crippen LogP contribution in [0.4, 0.5) is 0 Å². The number of halogens is 1. The van der Waals surface area contributed by atoms with Gasteiger partial charge in [-0.1, -0.05) is 13.8 Å². The maximum absolute atomic E-state index is 12.0. The van der Waals surface area contributed by atoms with Crippen LogP contribution in [0.15, 0.2) is 0 Å². The Labute approximate surface area is 98.4 Å². The second-order valence-electron chi connectivity index (χ2n) is 3.36. The van der Waals surface area contributed by atoms with E-state index in [1.165, 1.54) is 8.61 Å². The summed E-state index contributed by atoms with van der Waals surface area (Å²) in [7, 11) is -1.68. The molecule has 0 aliphatic rings. The van der Waals surface area contributed by atoms with Crippen LogP contribution in [-0.2, 0) is 10.2 Å². The molecule has 0 aromatic heterocycles. The Morgan fingerprint density at radius 2 is 1.80 bits per heavy atom. The molecule has 0 heterocycles. The van der Waals surface area contributed by atoms with Crippen molar-refractivity contribution >= 4 is 21.8 Å². The van der Waals surface area contributed by atoms with Gasteiger partial charge in [0.1, 0.15) is 0 Å². The zero-order valence-corrected chi connectivity index (χ0v) is 11.3. The average molecular weight is 257 g/mol. The van der Waals surface area contributed by atoms with Crippen molar-refractivity contribution in [3.8, 4) is 0 Å². The Morgan fingerprint density at radius 3 is 2.20 bits per heavy atom. The minimum absolute atomic E-state index is 0.478. The Bertz CT molecular complexity index is 257. The molecule has 0 spiro atoms. The van der Waals surface area contributed by atoms with Crippen LogP contribution in [-0.4, -0.2) is 49.6 Å². The van der Waals surface area contributed by atoms with Crippen molar-refractivity contribution in [2.75, 3.05) is 32.6 Å². The van der Waals surface area contributed by atoms with Gasteiger partial charge in [0, 0.05) is 32.6 Å². The summed E-state index contributed by atoms with van der Waals surface area (Å²) < 4.78 is 26.8. The van der Waals surface area contributed by atoms with Crippen molar-refractivity contribution in [3.63, 3.8) is 0 Å². The zero-order valence-electron chi connectivity index (χ0n) is 9.74. The molecule has 0 rings (SSSR count). The molecule has 0 aromatic carbocycles. The molecule has 6 heteroatoms. The molecule has 0 fully saturated rings. The first-order chi connectivity index (χ1) is 7.00. The highest BCUT2D eigenvalue weighted by molar-refractivity contribution is 7.86. The number of alkyl halides is 1. The molecule has 0 saturated heterocycles. The summed E-state index contributed by atoms with van der Waals surface area (Å²) in [6.45, 7) is 5.39. The predicted molar refractivity (Wildman–Crippen MR) is 64.4 cm³/mol. The van der Waals surface area contributed by atoms with Crippen LogP contribution in [0.2, 0.25) is 0 Å². The van der Waals surface area contributed by atoms with Crippen LogP contribution < -0.4 is 0 Å². The van der Waals surface area contributed by atoms with E-state index in [9.17, 15) is 8.42 Å². The molecule has 0 N–H and O–H groups in total. The van der Waals surface area contributed by atoms with E-state index in [0.717, 1.165) is 6.42 Å². The van der Waals surface area contributed by atoms with Gasteiger partial charge in [0.2, 0.25) is 0 Å². The van der Waals surface area contributed by atoms with Crippen LogP contribution in [0, 0.1) is 0 Å². The van der Waals surface area contributed by atoms with E-state index in [-0.39, 0.29) is 0 Å². The van der Waals surface area contributed by atoms with E-state index in [4.69, 9.17) is 11.6 Å². The van der Waals surface area contributed by atoms with E-state index < -0.39 is 10.2 Å². The number of rotatable bonds is 8. The molecule has 0 aliphatic carbocycles. The molecule has 0 aromatic rings. The van der Waals surface area contributed by atoms with Crippen molar-refractivity contribution in [2.24, 2.45) is 0 Å². The molecule has 0 unspecified atom stereocenters. The van der Waals surface area contributed by atoms with Gasteiger partial charge in [-0.15, -0.1) is 11.6 Å². The van der Waals surface area contributed by atoms with Crippen LogP contribution >= 0.6 is 11.6 Å². The maximum atomic E-state index is 12.0. The summed E-state index contributed by atoms with van der Waals surface area (Å²) in [5.74, 6) is 0.486. The smallest absolute Gasteiger partial charge is 0.195 e. The molecule has 92 valence electrons. The maximum Gasteiger partial charge on any atom is 0.281 e. The van der Waals surface area contributed by atoms with Crippen molar-refractivity contribution in [3.05, 3.63) is 0 Å². The highest BCUT2D eigenvalue weighted by Crippen LogP contribution is 2.07. The van der Waals surface area contributed by atoms with Crippen LogP contribution in [0.1, 0.15) is 26.7 Å². The number of nitrogens with zero attached hydrogens (tertiary/aromatic N) is 2. The molecule has 0 saturated carbocycles. The molecule has 0 aliphatic heterocycles. The molecule has 4 nitrogen and oxygen atoms in total. The van der Waals surface area contributed by atoms with Crippen molar-refractivity contribution in [2.45, 2.75) is 26.7 Å². The average Bonchev–Trinajstić information content (AvgIpc) is 2.21. The minimum Gasteiger partial charge on any atom is -0.195 e. The molecular weight excluding hydrogens is 236 g/mol. The van der Waals surface area contributed by atoms with Gasteiger partial charge in [-0.05, 0) is 12.8 Å². The van der Waals surface area contributed by atoms with E-state index in [1.54, 1.807) is 7.05 Å². The monoisotopic (exact) mass is 256 g/mol. The molecule has 0 amide bonds. The highest BCUT2D eigenvalue weighted by atomic mass is 35.5. The van der Waals surface area contributed by atoms with Gasteiger partial charge in [0.25, 0.3) is 10.2 Å². The van der Waals surface area contributed by atoms with Gasteiger partial charge in [0.05, 0.1) is 0 Å². The second-order valence-corrected chi connectivity index (χ2v) is 5.78. The topological polar surface area (TPSA) is 40.6 Å². The summed E-state index contributed by atoms with van der Waals surface area (Å²) in [6, 6.07) is 0. The van der Waals surface area contributed by atoms with Gasteiger partial charge >= 0.3 is 0 Å². The Hall–Kier alpha value is 0.160. The van der Waals surface area contributed by atoms with Crippen molar-refractivity contribution < 1.29 is 8.42 Å². The summed E-state index contributed by atoms with van der Waals surface area (Å²) in [5, 5.41) is 0. The van der Waals surface area contributed by atoms with Gasteiger partial charge in [-0.2, -0.15) is 17.0 Å². The third-order valence-electron chi connectivity index (χ3n) is 2.15. The van der Waals surface area contributed by atoms with E-state index in [2.05, 4.69) is 0 Å². The minimum atomic E-state index is -3.28. The molecule has 15 heavy (non-hydrogen) atoms. The third kappa shape index (κ3) is 4.68. The Morgan fingerprint density at radius 1 is 1.20 bits per heavy atom. The second kappa shape index (κ2) is 7.44. The Kier molecular flexibility index (Phi) is 7.52. The summed E-state index contributed by atoms with van der Waals surface area (Å²) >= 11 is 5.54. The van der Waals surface area contributed by atoms with Gasteiger partial charge in [0.15, 0.2) is 0 Å². The first-order valence-electron chi connectivity index (χ1n) is 5.28. The summed E-state index contributed by atoms with van der Waals surface area (Å²) in [6.07, 6.45) is 1.51. The normalized spacial score (nSPS) is 12.7. The lowest BCUT2D eigenvalue weighted by Crippen LogP contribution is -2.42. The predicted octanol–water partition coefficient (Wildman–Crippen LogP) is 1.52. The molecule has 0 atom stereocenters. The fraction of sp³-hybridized carbons (Fsp3) is 1.00. The zero-order chi connectivity index (χ0) is 11.9. The van der Waals surface area contributed by atoms with Crippen LogP contribution in [0.5, 0.6) is 0 Å². The molecule has 0 radical (unpaired) electrons. The van der Waals surface area contributed by atoms with E-state index in [0.29, 0.717) is 31.9 Å². The Balaban J connectivity index is 4.48. The number of hydrogen-bond donors (Lipinski definition) is 0. The molecular formula is C9H21ClN2O2S. The van der Waals surface area contributed by atoms with Crippen molar-refractivity contribution in [1.29, 1.82) is 0 Å². The SMILES string of the molecule is CCCN(CC)S(=O)(=O)N(C)CCCCl. The quantitative estimate of drug-likeness (QED) is 0.618. The van der Waals surface area contributed by atoms with Gasteiger partial charge in [-0.3, -0.25) is 0 Å². The third-order valence-corrected chi connectivity index (χ3v) is 4.48. The fourth-order valence-electron chi connectivity index (χ4n) is 1.28. The van der Waals surface area contributed by atoms with Gasteiger partial charge < -0.3 is 0 Å². The standard InChI is InChI=1S/C9H21ClN2O2S/c1-4-8-12(5-2)15(13,14)11(3)9-6-7-10/h4-9H2,1-3H3. The van der Waals surface area contributed by atoms with E-state index in [1.807, 2.05) is 13.8 Å². The highest BCUT2D eigenvalue weighted by Gasteiger charge is 2.24. The summed E-state index contributed by atoms with van der Waals surface area (Å²) in [4.78, 5) is 0. The largest absolute Gasteiger partial charge is 0.281 e. The van der Waals surface area contributed by atoms with Gasteiger partial charge in [-0.25, -0.2) is 0 Å². The first-order valence-corrected chi connectivity index (χ1v) is 7.21. The fourth-order valence-corrected chi connectivity index (χ4v) is 2.89. The lowest BCUT2D eigenvalue weighted by Gasteiger charge is -2.25. The molecule has 0 bridgehead atoms. The number of hydrogen-bond acceptors (Lipinski definition) is 2. The lowest BCUT2D eigenvalue weighted by atomic mass is 10.5. The first kappa shape index (κ1) is 15.2. The summed E-state index contributed by atoms with van der Waals surface area (Å²) in [5.41, 5.74) is 0. The van der Waals surface area contributed by atoms with Crippen molar-refractivity contribution in [1.82, 2.24) is 8.61 Å².